The Morgan fingerprint density at radius 3 is 2.30 bits per heavy atom. The van der Waals surface area contributed by atoms with Gasteiger partial charge < -0.3 is 4.90 Å². The Bertz CT molecular complexity index is 311. The normalized spacial score (nSPS) is 32.5. The molecule has 118 valence electrons. The Morgan fingerprint density at radius 2 is 1.75 bits per heavy atom. The van der Waals surface area contributed by atoms with E-state index in [9.17, 15) is 4.39 Å². The molecule has 2 fully saturated rings. The van der Waals surface area contributed by atoms with Crippen LogP contribution in [0.1, 0.15) is 66.2 Å². The maximum Gasteiger partial charge on any atom is 0.110 e. The Morgan fingerprint density at radius 1 is 1.15 bits per heavy atom. The first-order chi connectivity index (χ1) is 9.19. The average molecular weight is 284 g/mol. The molecule has 2 aliphatic rings. The average Bonchev–Trinajstić information content (AvgIpc) is 2.37. The monoisotopic (exact) mass is 284 g/mol. The molecule has 3 heteroatoms. The summed E-state index contributed by atoms with van der Waals surface area (Å²) in [5, 5.41) is 0. The molecule has 1 heterocycles. The number of piperidine rings is 1. The predicted octanol–water partition coefficient (Wildman–Crippen LogP) is 3.85. The van der Waals surface area contributed by atoms with Gasteiger partial charge in [-0.1, -0.05) is 6.42 Å². The van der Waals surface area contributed by atoms with Crippen LogP contribution < -0.4 is 0 Å². The third kappa shape index (κ3) is 3.94. The fourth-order valence-corrected chi connectivity index (χ4v) is 3.73. The lowest BCUT2D eigenvalue weighted by atomic mass is 9.85. The molecule has 1 saturated carbocycles. The lowest BCUT2D eigenvalue weighted by Gasteiger charge is -2.46. The zero-order chi connectivity index (χ0) is 15.0. The fourth-order valence-electron chi connectivity index (χ4n) is 3.73. The predicted molar refractivity (Wildman–Crippen MR) is 83.9 cm³/mol. The molecule has 0 amide bonds. The highest BCUT2D eigenvalue weighted by atomic mass is 19.1. The van der Waals surface area contributed by atoms with Crippen molar-refractivity contribution < 1.29 is 4.39 Å². The van der Waals surface area contributed by atoms with Gasteiger partial charge in [0.05, 0.1) is 0 Å². The molecular formula is C17H33FN2. The second-order valence-corrected chi connectivity index (χ2v) is 8.21. The maximum atomic E-state index is 13.9. The van der Waals surface area contributed by atoms with Crippen LogP contribution in [0.5, 0.6) is 0 Å². The van der Waals surface area contributed by atoms with Gasteiger partial charge in [-0.15, -0.1) is 0 Å². The van der Waals surface area contributed by atoms with Gasteiger partial charge in [0, 0.05) is 30.7 Å². The van der Waals surface area contributed by atoms with Gasteiger partial charge in [0.15, 0.2) is 0 Å². The number of likely N-dealkylation sites (tertiary alicyclic amines) is 1. The first-order valence-corrected chi connectivity index (χ1v) is 8.35. The highest BCUT2D eigenvalue weighted by Gasteiger charge is 2.36. The molecule has 2 atom stereocenters. The van der Waals surface area contributed by atoms with Gasteiger partial charge in [0.1, 0.15) is 5.67 Å². The van der Waals surface area contributed by atoms with Gasteiger partial charge in [-0.3, -0.25) is 4.90 Å². The third-order valence-corrected chi connectivity index (χ3v) is 5.58. The molecule has 2 rings (SSSR count). The van der Waals surface area contributed by atoms with Gasteiger partial charge in [0.2, 0.25) is 0 Å². The second kappa shape index (κ2) is 5.92. The Kier molecular flexibility index (Phi) is 4.80. The number of hydrogen-bond donors (Lipinski definition) is 0. The highest BCUT2D eigenvalue weighted by Crippen LogP contribution is 2.33. The van der Waals surface area contributed by atoms with Gasteiger partial charge in [-0.25, -0.2) is 4.39 Å². The molecule has 1 aliphatic heterocycles. The van der Waals surface area contributed by atoms with Crippen molar-refractivity contribution in [3.8, 4) is 0 Å². The molecule has 0 bridgehead atoms. The van der Waals surface area contributed by atoms with E-state index in [0.29, 0.717) is 24.9 Å². The third-order valence-electron chi connectivity index (χ3n) is 5.58. The molecule has 0 aromatic rings. The Hall–Kier alpha value is -0.150. The molecule has 0 radical (unpaired) electrons. The number of hydrogen-bond acceptors (Lipinski definition) is 2. The van der Waals surface area contributed by atoms with E-state index in [1.165, 1.54) is 25.7 Å². The maximum absolute atomic E-state index is 13.9. The van der Waals surface area contributed by atoms with Crippen LogP contribution in [0.2, 0.25) is 0 Å². The molecule has 0 N–H and O–H groups in total. The van der Waals surface area contributed by atoms with Gasteiger partial charge in [0.25, 0.3) is 0 Å². The quantitative estimate of drug-likeness (QED) is 0.760. The van der Waals surface area contributed by atoms with E-state index >= 15 is 0 Å². The zero-order valence-electron chi connectivity index (χ0n) is 14.1. The molecule has 2 nitrogen and oxygen atoms in total. The van der Waals surface area contributed by atoms with Crippen molar-refractivity contribution in [1.29, 1.82) is 0 Å². The molecule has 1 aliphatic carbocycles. The largest absolute Gasteiger partial charge is 0.300 e. The molecule has 1 saturated heterocycles. The first-order valence-electron chi connectivity index (χ1n) is 8.35. The van der Waals surface area contributed by atoms with Crippen LogP contribution in [0.3, 0.4) is 0 Å². The van der Waals surface area contributed by atoms with Crippen LogP contribution in [0.15, 0.2) is 0 Å². The summed E-state index contributed by atoms with van der Waals surface area (Å²) in [6, 6.07) is 1.36. The lowest BCUT2D eigenvalue weighted by Crippen LogP contribution is -2.52. The van der Waals surface area contributed by atoms with E-state index in [0.717, 1.165) is 13.1 Å². The second-order valence-electron chi connectivity index (χ2n) is 8.21. The van der Waals surface area contributed by atoms with Crippen LogP contribution in [0.4, 0.5) is 4.39 Å². The lowest BCUT2D eigenvalue weighted by molar-refractivity contribution is 0.0135. The summed E-state index contributed by atoms with van der Waals surface area (Å²) < 4.78 is 13.9. The molecule has 0 aromatic carbocycles. The van der Waals surface area contributed by atoms with Crippen molar-refractivity contribution >= 4 is 0 Å². The smallest absolute Gasteiger partial charge is 0.110 e. The van der Waals surface area contributed by atoms with E-state index in [1.807, 2.05) is 0 Å². The minimum absolute atomic E-state index is 0.242. The summed E-state index contributed by atoms with van der Waals surface area (Å²) in [5.41, 5.74) is -0.682. The van der Waals surface area contributed by atoms with Gasteiger partial charge in [-0.2, -0.15) is 0 Å². The van der Waals surface area contributed by atoms with E-state index in [4.69, 9.17) is 0 Å². The molecular weight excluding hydrogens is 251 g/mol. The van der Waals surface area contributed by atoms with E-state index in [-0.39, 0.29) is 5.54 Å². The summed E-state index contributed by atoms with van der Waals surface area (Å²) in [4.78, 5) is 5.10. The zero-order valence-corrected chi connectivity index (χ0v) is 14.1. The van der Waals surface area contributed by atoms with Crippen molar-refractivity contribution in [2.45, 2.75) is 89.5 Å². The van der Waals surface area contributed by atoms with Crippen LogP contribution in [0, 0.1) is 0 Å². The number of nitrogens with zero attached hydrogens (tertiary/aromatic N) is 2. The summed E-state index contributed by atoms with van der Waals surface area (Å²) in [7, 11) is 2.27. The van der Waals surface area contributed by atoms with E-state index in [2.05, 4.69) is 37.6 Å². The van der Waals surface area contributed by atoms with E-state index in [1.54, 1.807) is 6.92 Å². The molecule has 20 heavy (non-hydrogen) atoms. The topological polar surface area (TPSA) is 6.48 Å². The van der Waals surface area contributed by atoms with Crippen LogP contribution >= 0.6 is 0 Å². The Balaban J connectivity index is 1.91. The molecule has 0 unspecified atom stereocenters. The molecule has 0 spiro atoms. The summed E-state index contributed by atoms with van der Waals surface area (Å²) in [6.07, 6.45) is 6.62. The summed E-state index contributed by atoms with van der Waals surface area (Å²) in [5.74, 6) is 0. The van der Waals surface area contributed by atoms with Crippen molar-refractivity contribution in [2.24, 2.45) is 0 Å². The van der Waals surface area contributed by atoms with Crippen molar-refractivity contribution in [3.63, 3.8) is 0 Å². The number of rotatable bonds is 2. The van der Waals surface area contributed by atoms with E-state index < -0.39 is 5.67 Å². The summed E-state index contributed by atoms with van der Waals surface area (Å²) in [6.45, 7) is 10.6. The van der Waals surface area contributed by atoms with Crippen LogP contribution in [-0.4, -0.2) is 53.2 Å². The minimum Gasteiger partial charge on any atom is -0.300 e. The SMILES string of the molecule is CN([C@@H]1CCC[C@@H](N2CCC(C)(F)CC2)C1)C(C)(C)C. The van der Waals surface area contributed by atoms with Crippen molar-refractivity contribution in [3.05, 3.63) is 0 Å². The number of alkyl halides is 1. The minimum atomic E-state index is -0.924. The van der Waals surface area contributed by atoms with Crippen LogP contribution in [0.25, 0.3) is 0 Å². The molecule has 0 aromatic heterocycles. The van der Waals surface area contributed by atoms with Crippen molar-refractivity contribution in [2.75, 3.05) is 20.1 Å². The fraction of sp³-hybridized carbons (Fsp3) is 1.00. The van der Waals surface area contributed by atoms with Gasteiger partial charge in [-0.05, 0) is 66.8 Å². The van der Waals surface area contributed by atoms with Gasteiger partial charge >= 0.3 is 0 Å². The Labute approximate surface area is 124 Å². The summed E-state index contributed by atoms with van der Waals surface area (Å²) >= 11 is 0. The highest BCUT2D eigenvalue weighted by molar-refractivity contribution is 4.91. The van der Waals surface area contributed by atoms with Crippen LogP contribution in [-0.2, 0) is 0 Å². The standard InChI is InChI=1S/C17H33FN2/c1-16(2,3)19(5)14-7-6-8-15(13-14)20-11-9-17(4,18)10-12-20/h14-15H,6-13H2,1-5H3/t14-,15-/m1/s1. The first kappa shape index (κ1) is 16.2. The van der Waals surface area contributed by atoms with Crippen molar-refractivity contribution in [1.82, 2.24) is 9.80 Å². The number of halogens is 1.